The number of likely N-dealkylation sites (tertiary alicyclic amines) is 1. The van der Waals surface area contributed by atoms with Gasteiger partial charge >= 0.3 is 6.18 Å². The lowest BCUT2D eigenvalue weighted by Gasteiger charge is -2.33. The summed E-state index contributed by atoms with van der Waals surface area (Å²) in [7, 11) is 3.38. The van der Waals surface area contributed by atoms with Crippen LogP contribution in [0.25, 0.3) is 22.4 Å². The van der Waals surface area contributed by atoms with Crippen LogP contribution in [0.4, 0.5) is 23.2 Å². The van der Waals surface area contributed by atoms with Gasteiger partial charge in [0.05, 0.1) is 30.1 Å². The van der Waals surface area contributed by atoms with Gasteiger partial charge in [-0.15, -0.1) is 0 Å². The number of ether oxygens (including phenoxy) is 1. The summed E-state index contributed by atoms with van der Waals surface area (Å²) in [5, 5.41) is 6.67. The molecule has 1 aliphatic rings. The number of rotatable bonds is 8. The highest BCUT2D eigenvalue weighted by molar-refractivity contribution is 6.01. The third-order valence-corrected chi connectivity index (χ3v) is 6.63. The smallest absolute Gasteiger partial charge is 0.417 e. The predicted molar refractivity (Wildman–Crippen MR) is 146 cm³/mol. The fourth-order valence-electron chi connectivity index (χ4n) is 4.47. The average molecular weight is 543 g/mol. The van der Waals surface area contributed by atoms with E-state index in [2.05, 4.69) is 22.2 Å². The van der Waals surface area contributed by atoms with E-state index in [-0.39, 0.29) is 35.8 Å². The number of alkyl halides is 4. The number of nitrogens with zero attached hydrogens (tertiary/aromatic N) is 2. The van der Waals surface area contributed by atoms with Crippen molar-refractivity contribution in [1.29, 1.82) is 0 Å². The van der Waals surface area contributed by atoms with E-state index in [1.54, 1.807) is 54.6 Å². The second-order valence-electron chi connectivity index (χ2n) is 9.43. The van der Waals surface area contributed by atoms with E-state index in [1.165, 1.54) is 13.2 Å². The van der Waals surface area contributed by atoms with Gasteiger partial charge in [0.1, 0.15) is 11.9 Å². The molecular formula is C29H30F4N4O2. The maximum absolute atomic E-state index is 14.7. The van der Waals surface area contributed by atoms with E-state index in [1.807, 2.05) is 11.9 Å². The summed E-state index contributed by atoms with van der Waals surface area (Å²) in [6, 6.07) is 12.6. The number of benzene rings is 2. The van der Waals surface area contributed by atoms with Crippen molar-refractivity contribution in [2.45, 2.75) is 24.8 Å². The van der Waals surface area contributed by atoms with Gasteiger partial charge in [0.2, 0.25) is 0 Å². The molecule has 1 aliphatic heterocycles. The van der Waals surface area contributed by atoms with Crippen LogP contribution in [0.2, 0.25) is 0 Å². The van der Waals surface area contributed by atoms with Gasteiger partial charge in [-0.2, -0.15) is 13.2 Å². The minimum Gasteiger partial charge on any atom is -0.497 e. The molecule has 0 saturated carbocycles. The molecule has 2 heterocycles. The van der Waals surface area contributed by atoms with Crippen LogP contribution in [0.1, 0.15) is 28.2 Å². The van der Waals surface area contributed by atoms with Crippen molar-refractivity contribution in [2.75, 3.05) is 39.1 Å². The Kier molecular flexibility index (Phi) is 8.54. The highest BCUT2D eigenvalue weighted by atomic mass is 19.4. The summed E-state index contributed by atoms with van der Waals surface area (Å²) in [4.78, 5) is 18.5. The van der Waals surface area contributed by atoms with Gasteiger partial charge in [0, 0.05) is 41.7 Å². The Balaban J connectivity index is 1.60. The van der Waals surface area contributed by atoms with Crippen molar-refractivity contribution < 1.29 is 27.1 Å². The first-order chi connectivity index (χ1) is 18.6. The van der Waals surface area contributed by atoms with E-state index in [9.17, 15) is 22.4 Å². The second-order valence-corrected chi connectivity index (χ2v) is 9.43. The topological polar surface area (TPSA) is 66.5 Å². The van der Waals surface area contributed by atoms with Crippen LogP contribution in [0.15, 0.2) is 61.2 Å². The Morgan fingerprint density at radius 1 is 1.21 bits per heavy atom. The van der Waals surface area contributed by atoms with Crippen LogP contribution < -0.4 is 15.4 Å². The average Bonchev–Trinajstić information content (AvgIpc) is 2.91. The summed E-state index contributed by atoms with van der Waals surface area (Å²) in [5.41, 5.74) is -0.171. The number of halogens is 4. The van der Waals surface area contributed by atoms with Crippen molar-refractivity contribution >= 4 is 34.0 Å². The Hall–Kier alpha value is -3.92. The number of anilines is 1. The van der Waals surface area contributed by atoms with Gasteiger partial charge in [-0.25, -0.2) is 9.37 Å². The zero-order chi connectivity index (χ0) is 28.2. The number of aromatic nitrogens is 1. The van der Waals surface area contributed by atoms with Gasteiger partial charge in [-0.3, -0.25) is 4.79 Å². The minimum atomic E-state index is -4.68. The molecule has 2 N–H and O–H groups in total. The number of fused-ring (bicyclic) bond motifs is 1. The molecule has 10 heteroatoms. The SMILES string of the molecule is C=C(c1nc(/C=C/CNC(=O)c2ccc(OC)cc2)cc2c(N[C@@H]3CCN(C)C[C@@H]3F)cccc12)C(F)(F)F. The third-order valence-electron chi connectivity index (χ3n) is 6.63. The maximum atomic E-state index is 14.7. The van der Waals surface area contributed by atoms with E-state index < -0.39 is 24.0 Å². The number of hydrogen-bond acceptors (Lipinski definition) is 5. The molecule has 1 fully saturated rings. The van der Waals surface area contributed by atoms with Crippen LogP contribution in [0, 0.1) is 0 Å². The summed E-state index contributed by atoms with van der Waals surface area (Å²) in [6.45, 7) is 4.36. The number of allylic oxidation sites excluding steroid dienone is 1. The molecule has 206 valence electrons. The fraction of sp³-hybridized carbons (Fsp3) is 0.310. The van der Waals surface area contributed by atoms with Gasteiger partial charge in [0.25, 0.3) is 5.91 Å². The van der Waals surface area contributed by atoms with E-state index in [0.29, 0.717) is 35.4 Å². The second kappa shape index (κ2) is 11.9. The number of piperidine rings is 1. The molecule has 4 rings (SSSR count). The molecule has 0 unspecified atom stereocenters. The van der Waals surface area contributed by atoms with Crippen molar-refractivity contribution in [1.82, 2.24) is 15.2 Å². The Labute approximate surface area is 224 Å². The third kappa shape index (κ3) is 6.75. The van der Waals surface area contributed by atoms with Crippen molar-refractivity contribution in [3.8, 4) is 5.75 Å². The van der Waals surface area contributed by atoms with E-state index in [0.717, 1.165) is 0 Å². The number of pyridine rings is 1. The number of hydrogen-bond donors (Lipinski definition) is 2. The first-order valence-electron chi connectivity index (χ1n) is 12.4. The number of amides is 1. The zero-order valence-corrected chi connectivity index (χ0v) is 21.7. The lowest BCUT2D eigenvalue weighted by atomic mass is 9.99. The number of nitrogens with one attached hydrogen (secondary N) is 2. The normalized spacial score (nSPS) is 18.3. The van der Waals surface area contributed by atoms with Gasteiger partial charge in [0.15, 0.2) is 0 Å². The lowest BCUT2D eigenvalue weighted by molar-refractivity contribution is -0.0688. The maximum Gasteiger partial charge on any atom is 0.417 e. The number of methoxy groups -OCH3 is 1. The lowest BCUT2D eigenvalue weighted by Crippen LogP contribution is -2.46. The molecule has 2 atom stereocenters. The molecule has 39 heavy (non-hydrogen) atoms. The van der Waals surface area contributed by atoms with Crippen LogP contribution in [-0.4, -0.2) is 68.0 Å². The van der Waals surface area contributed by atoms with Crippen molar-refractivity contribution in [2.24, 2.45) is 0 Å². The quantitative estimate of drug-likeness (QED) is 0.357. The molecular weight excluding hydrogens is 512 g/mol. The van der Waals surface area contributed by atoms with Crippen LogP contribution in [0.3, 0.4) is 0 Å². The number of carbonyl (C=O) groups is 1. The van der Waals surface area contributed by atoms with Crippen LogP contribution >= 0.6 is 0 Å². The monoisotopic (exact) mass is 542 g/mol. The molecule has 6 nitrogen and oxygen atoms in total. The molecule has 3 aromatic rings. The molecule has 0 aliphatic carbocycles. The largest absolute Gasteiger partial charge is 0.497 e. The van der Waals surface area contributed by atoms with E-state index >= 15 is 0 Å². The van der Waals surface area contributed by atoms with Gasteiger partial charge < -0.3 is 20.3 Å². The predicted octanol–water partition coefficient (Wildman–Crippen LogP) is 5.72. The standard InChI is InChI=1S/C29H30F4N4O2/c1-18(29(31,32)33)27-22-7-4-8-25(36-26-13-15-37(2)17-24(26)30)23(22)16-20(35-27)6-5-14-34-28(38)19-9-11-21(39-3)12-10-19/h4-12,16,24,26,36H,1,13-15,17H2,2-3H3,(H,34,38)/b6-5+/t24-,26+/m0/s1. The summed E-state index contributed by atoms with van der Waals surface area (Å²) < 4.78 is 60.8. The summed E-state index contributed by atoms with van der Waals surface area (Å²) in [5.74, 6) is 0.307. The molecule has 2 aromatic carbocycles. The fourth-order valence-corrected chi connectivity index (χ4v) is 4.47. The molecule has 0 radical (unpaired) electrons. The first kappa shape index (κ1) is 28.1. The molecule has 0 bridgehead atoms. The van der Waals surface area contributed by atoms with Crippen LogP contribution in [-0.2, 0) is 0 Å². The highest BCUT2D eigenvalue weighted by Gasteiger charge is 2.35. The Bertz CT molecular complexity index is 1370. The number of carbonyl (C=O) groups excluding carboxylic acids is 1. The summed E-state index contributed by atoms with van der Waals surface area (Å²) in [6.07, 6.45) is -2.12. The van der Waals surface area contributed by atoms with Crippen molar-refractivity contribution in [3.63, 3.8) is 0 Å². The Morgan fingerprint density at radius 2 is 1.95 bits per heavy atom. The zero-order valence-electron chi connectivity index (χ0n) is 21.7. The Morgan fingerprint density at radius 3 is 2.62 bits per heavy atom. The molecule has 1 saturated heterocycles. The summed E-state index contributed by atoms with van der Waals surface area (Å²) >= 11 is 0. The van der Waals surface area contributed by atoms with Gasteiger partial charge in [-0.05, 0) is 55.9 Å². The highest BCUT2D eigenvalue weighted by Crippen LogP contribution is 2.37. The van der Waals surface area contributed by atoms with Crippen LogP contribution in [0.5, 0.6) is 5.75 Å². The molecule has 0 spiro atoms. The van der Waals surface area contributed by atoms with E-state index in [4.69, 9.17) is 4.74 Å². The molecule has 1 amide bonds. The van der Waals surface area contributed by atoms with Crippen molar-refractivity contribution in [3.05, 3.63) is 78.1 Å². The molecule has 1 aromatic heterocycles. The minimum absolute atomic E-state index is 0.124. The van der Waals surface area contributed by atoms with Gasteiger partial charge in [-0.1, -0.05) is 24.8 Å². The first-order valence-corrected chi connectivity index (χ1v) is 12.4.